The Balaban J connectivity index is 1.63. The normalized spacial score (nSPS) is 17.1. The molecule has 19 heavy (non-hydrogen) atoms. The summed E-state index contributed by atoms with van der Waals surface area (Å²) in [6.45, 7) is 8.72. The van der Waals surface area contributed by atoms with E-state index in [2.05, 4.69) is 11.9 Å². The number of ether oxygens (including phenoxy) is 2. The third-order valence-electron chi connectivity index (χ3n) is 2.91. The summed E-state index contributed by atoms with van der Waals surface area (Å²) in [7, 11) is 0. The number of hydrogen-bond acceptors (Lipinski definition) is 3. The van der Waals surface area contributed by atoms with Gasteiger partial charge in [0.2, 0.25) is 0 Å². The predicted octanol–water partition coefficient (Wildman–Crippen LogP) is 2.83. The van der Waals surface area contributed by atoms with E-state index in [1.807, 2.05) is 25.1 Å². The van der Waals surface area contributed by atoms with Gasteiger partial charge in [0.15, 0.2) is 0 Å². The van der Waals surface area contributed by atoms with Gasteiger partial charge >= 0.3 is 0 Å². The van der Waals surface area contributed by atoms with Crippen molar-refractivity contribution in [2.75, 3.05) is 26.3 Å². The molecule has 1 aliphatic rings. The molecule has 1 aromatic carbocycles. The van der Waals surface area contributed by atoms with Crippen LogP contribution in [0, 0.1) is 0 Å². The van der Waals surface area contributed by atoms with Crippen LogP contribution in [0.4, 0.5) is 0 Å². The molecule has 1 unspecified atom stereocenters. The first-order valence-corrected chi connectivity index (χ1v) is 6.91. The van der Waals surface area contributed by atoms with Crippen LogP contribution < -0.4 is 10.1 Å². The first-order valence-electron chi connectivity index (χ1n) is 6.53. The number of benzene rings is 1. The van der Waals surface area contributed by atoms with Gasteiger partial charge in [-0.05, 0) is 30.7 Å². The van der Waals surface area contributed by atoms with Gasteiger partial charge in [0.1, 0.15) is 11.9 Å². The first-order chi connectivity index (χ1) is 9.15. The maximum Gasteiger partial charge on any atom is 0.123 e. The smallest absolute Gasteiger partial charge is 0.123 e. The minimum absolute atomic E-state index is 0.189. The lowest BCUT2D eigenvalue weighted by Gasteiger charge is -2.12. The van der Waals surface area contributed by atoms with Crippen molar-refractivity contribution < 1.29 is 9.47 Å². The molecule has 0 fully saturated rings. The lowest BCUT2D eigenvalue weighted by atomic mass is 10.1. The van der Waals surface area contributed by atoms with Crippen LogP contribution in [0.15, 0.2) is 30.4 Å². The lowest BCUT2D eigenvalue weighted by Crippen LogP contribution is -2.32. The number of halogens is 1. The molecule has 0 saturated heterocycles. The fourth-order valence-corrected chi connectivity index (χ4v) is 2.25. The molecule has 0 aliphatic carbocycles. The quantitative estimate of drug-likeness (QED) is 0.616. The summed E-state index contributed by atoms with van der Waals surface area (Å²) in [5.74, 6) is 0.953. The molecule has 0 radical (unpaired) electrons. The number of fused-ring (bicyclic) bond motifs is 1. The summed E-state index contributed by atoms with van der Waals surface area (Å²) in [6, 6.07) is 5.78. The largest absolute Gasteiger partial charge is 0.488 e. The molecule has 4 heteroatoms. The molecule has 0 saturated carbocycles. The summed E-state index contributed by atoms with van der Waals surface area (Å²) in [5.41, 5.74) is 2.24. The van der Waals surface area contributed by atoms with Gasteiger partial charge in [-0.1, -0.05) is 23.8 Å². The Morgan fingerprint density at radius 3 is 3.21 bits per heavy atom. The Labute approximate surface area is 119 Å². The molecular weight excluding hydrogens is 262 g/mol. The number of nitrogens with one attached hydrogen (secondary N) is 1. The van der Waals surface area contributed by atoms with Crippen molar-refractivity contribution in [1.29, 1.82) is 0 Å². The van der Waals surface area contributed by atoms with E-state index in [9.17, 15) is 0 Å². The van der Waals surface area contributed by atoms with E-state index in [0.717, 1.165) is 35.9 Å². The molecule has 1 atom stereocenters. The van der Waals surface area contributed by atoms with Gasteiger partial charge < -0.3 is 14.8 Å². The third kappa shape index (κ3) is 4.53. The van der Waals surface area contributed by atoms with Crippen molar-refractivity contribution >= 4 is 11.6 Å². The Bertz CT molecular complexity index is 448. The van der Waals surface area contributed by atoms with Gasteiger partial charge in [0.05, 0.1) is 13.2 Å². The van der Waals surface area contributed by atoms with E-state index < -0.39 is 0 Å². The summed E-state index contributed by atoms with van der Waals surface area (Å²) in [6.07, 6.45) is 1.10. The van der Waals surface area contributed by atoms with E-state index >= 15 is 0 Å². The van der Waals surface area contributed by atoms with E-state index in [1.165, 1.54) is 5.56 Å². The molecule has 1 heterocycles. The van der Waals surface area contributed by atoms with Gasteiger partial charge in [0.25, 0.3) is 0 Å². The fourth-order valence-electron chi connectivity index (χ4n) is 2.06. The highest BCUT2D eigenvalue weighted by molar-refractivity contribution is 6.30. The minimum Gasteiger partial charge on any atom is -0.488 e. The van der Waals surface area contributed by atoms with E-state index in [1.54, 1.807) is 0 Å². The highest BCUT2D eigenvalue weighted by atomic mass is 35.5. The summed E-state index contributed by atoms with van der Waals surface area (Å²) in [5, 5.41) is 4.11. The Morgan fingerprint density at radius 2 is 2.42 bits per heavy atom. The number of hydrogen-bond donors (Lipinski definition) is 1. The molecule has 1 aliphatic heterocycles. The second-order valence-electron chi connectivity index (χ2n) is 4.91. The van der Waals surface area contributed by atoms with Crippen LogP contribution in [0.25, 0.3) is 0 Å². The average molecular weight is 282 g/mol. The molecule has 1 N–H and O–H groups in total. The van der Waals surface area contributed by atoms with E-state index in [0.29, 0.717) is 13.2 Å². The van der Waals surface area contributed by atoms with E-state index in [4.69, 9.17) is 21.1 Å². The molecule has 0 bridgehead atoms. The Morgan fingerprint density at radius 1 is 1.58 bits per heavy atom. The van der Waals surface area contributed by atoms with Crippen molar-refractivity contribution in [2.24, 2.45) is 0 Å². The zero-order chi connectivity index (χ0) is 13.7. The van der Waals surface area contributed by atoms with Crippen LogP contribution in [0.2, 0.25) is 5.02 Å². The van der Waals surface area contributed by atoms with Crippen LogP contribution in [0.3, 0.4) is 0 Å². The van der Waals surface area contributed by atoms with Crippen LogP contribution in [0.1, 0.15) is 12.5 Å². The number of rotatable bonds is 7. The Hall–Kier alpha value is -1.03. The standard InChI is InChI=1S/C15H20ClNO2/c1-11(2)10-18-6-5-17-9-14-8-12-7-13(16)3-4-15(12)19-14/h3-4,7,14,17H,1,5-6,8-10H2,2H3. The van der Waals surface area contributed by atoms with Crippen molar-refractivity contribution in [2.45, 2.75) is 19.4 Å². The van der Waals surface area contributed by atoms with Gasteiger partial charge in [-0.2, -0.15) is 0 Å². The third-order valence-corrected chi connectivity index (χ3v) is 3.14. The summed E-state index contributed by atoms with van der Waals surface area (Å²) >= 11 is 5.96. The molecule has 0 spiro atoms. The minimum atomic E-state index is 0.189. The maximum atomic E-state index is 5.96. The monoisotopic (exact) mass is 281 g/mol. The zero-order valence-corrected chi connectivity index (χ0v) is 12.0. The van der Waals surface area contributed by atoms with Crippen LogP contribution in [-0.2, 0) is 11.2 Å². The van der Waals surface area contributed by atoms with E-state index in [-0.39, 0.29) is 6.10 Å². The topological polar surface area (TPSA) is 30.5 Å². The highest BCUT2D eigenvalue weighted by Crippen LogP contribution is 2.30. The van der Waals surface area contributed by atoms with Gasteiger partial charge in [-0.3, -0.25) is 0 Å². The molecule has 0 aromatic heterocycles. The second-order valence-corrected chi connectivity index (χ2v) is 5.35. The molecule has 104 valence electrons. The van der Waals surface area contributed by atoms with Gasteiger partial charge in [0, 0.05) is 24.5 Å². The second kappa shape index (κ2) is 6.94. The predicted molar refractivity (Wildman–Crippen MR) is 78.1 cm³/mol. The molecule has 3 nitrogen and oxygen atoms in total. The van der Waals surface area contributed by atoms with Crippen LogP contribution in [-0.4, -0.2) is 32.4 Å². The van der Waals surface area contributed by atoms with Gasteiger partial charge in [-0.25, -0.2) is 0 Å². The van der Waals surface area contributed by atoms with Crippen LogP contribution >= 0.6 is 11.6 Å². The van der Waals surface area contributed by atoms with Crippen molar-refractivity contribution in [3.63, 3.8) is 0 Å². The fraction of sp³-hybridized carbons (Fsp3) is 0.467. The highest BCUT2D eigenvalue weighted by Gasteiger charge is 2.22. The van der Waals surface area contributed by atoms with Crippen molar-refractivity contribution in [3.8, 4) is 5.75 Å². The van der Waals surface area contributed by atoms with Gasteiger partial charge in [-0.15, -0.1) is 0 Å². The summed E-state index contributed by atoms with van der Waals surface area (Å²) < 4.78 is 11.2. The first kappa shape index (κ1) is 14.4. The molecule has 2 rings (SSSR count). The lowest BCUT2D eigenvalue weighted by molar-refractivity contribution is 0.152. The van der Waals surface area contributed by atoms with Crippen LogP contribution in [0.5, 0.6) is 5.75 Å². The molecule has 0 amide bonds. The molecule has 1 aromatic rings. The Kier molecular flexibility index (Phi) is 5.25. The molecular formula is C15H20ClNO2. The zero-order valence-electron chi connectivity index (χ0n) is 11.2. The van der Waals surface area contributed by atoms with Crippen molar-refractivity contribution in [3.05, 3.63) is 40.9 Å². The maximum absolute atomic E-state index is 5.96. The van der Waals surface area contributed by atoms with Crippen molar-refractivity contribution in [1.82, 2.24) is 5.32 Å². The summed E-state index contributed by atoms with van der Waals surface area (Å²) in [4.78, 5) is 0. The average Bonchev–Trinajstić information content (AvgIpc) is 2.75. The SMILES string of the molecule is C=C(C)COCCNCC1Cc2cc(Cl)ccc2O1.